The van der Waals surface area contributed by atoms with E-state index in [-0.39, 0.29) is 30.5 Å². The average molecular weight is 300 g/mol. The minimum atomic E-state index is -0.453. The molecule has 1 aliphatic heterocycles. The summed E-state index contributed by atoms with van der Waals surface area (Å²) in [4.78, 5) is 23.1. The van der Waals surface area contributed by atoms with Gasteiger partial charge in [-0.2, -0.15) is 0 Å². The van der Waals surface area contributed by atoms with Crippen molar-refractivity contribution < 1.29 is 18.7 Å². The molecule has 0 spiro atoms. The van der Waals surface area contributed by atoms with E-state index in [1.54, 1.807) is 24.3 Å². The zero-order valence-electron chi connectivity index (χ0n) is 11.6. The molecular formula is C16H13FN2O3. The van der Waals surface area contributed by atoms with Crippen LogP contribution in [0.1, 0.15) is 15.9 Å². The summed E-state index contributed by atoms with van der Waals surface area (Å²) in [6.07, 6.45) is 0. The van der Waals surface area contributed by atoms with Crippen molar-refractivity contribution in [2.45, 2.75) is 6.54 Å². The molecule has 6 heteroatoms. The maximum Gasteiger partial charge on any atom is 0.262 e. The highest BCUT2D eigenvalue weighted by Crippen LogP contribution is 2.28. The van der Waals surface area contributed by atoms with Gasteiger partial charge in [-0.05, 0) is 35.9 Å². The van der Waals surface area contributed by atoms with Gasteiger partial charge in [0.1, 0.15) is 11.6 Å². The molecule has 3 rings (SSSR count). The fourth-order valence-electron chi connectivity index (χ4n) is 2.14. The molecule has 0 fully saturated rings. The largest absolute Gasteiger partial charge is 0.482 e. The summed E-state index contributed by atoms with van der Waals surface area (Å²) in [5, 5.41) is 5.40. The van der Waals surface area contributed by atoms with Gasteiger partial charge in [-0.1, -0.05) is 12.1 Å². The Morgan fingerprint density at radius 1 is 1.27 bits per heavy atom. The lowest BCUT2D eigenvalue weighted by Crippen LogP contribution is -2.26. The summed E-state index contributed by atoms with van der Waals surface area (Å²) in [5.41, 5.74) is 1.69. The molecular weight excluding hydrogens is 287 g/mol. The van der Waals surface area contributed by atoms with Crippen LogP contribution in [0.2, 0.25) is 0 Å². The second-order valence-corrected chi connectivity index (χ2v) is 4.86. The van der Waals surface area contributed by atoms with Gasteiger partial charge in [0.05, 0.1) is 5.69 Å². The first-order valence-electron chi connectivity index (χ1n) is 6.71. The molecule has 1 heterocycles. The summed E-state index contributed by atoms with van der Waals surface area (Å²) in [6.45, 7) is 0.256. The van der Waals surface area contributed by atoms with E-state index in [0.717, 1.165) is 5.56 Å². The number of carbonyl (C=O) groups is 2. The Kier molecular flexibility index (Phi) is 3.74. The van der Waals surface area contributed by atoms with Crippen LogP contribution in [0.4, 0.5) is 10.1 Å². The van der Waals surface area contributed by atoms with Gasteiger partial charge >= 0.3 is 0 Å². The van der Waals surface area contributed by atoms with Gasteiger partial charge in [0.25, 0.3) is 11.8 Å². The number of nitrogens with one attached hydrogen (secondary N) is 2. The second kappa shape index (κ2) is 5.85. The number of ether oxygens (including phenoxy) is 1. The Morgan fingerprint density at radius 3 is 2.95 bits per heavy atom. The van der Waals surface area contributed by atoms with Crippen LogP contribution in [-0.2, 0) is 11.3 Å². The van der Waals surface area contributed by atoms with Crippen LogP contribution < -0.4 is 15.4 Å². The quantitative estimate of drug-likeness (QED) is 0.912. The number of rotatable bonds is 3. The van der Waals surface area contributed by atoms with Crippen molar-refractivity contribution in [2.75, 3.05) is 11.9 Å². The normalized spacial score (nSPS) is 12.9. The number of fused-ring (bicyclic) bond motifs is 1. The molecule has 112 valence electrons. The van der Waals surface area contributed by atoms with Crippen LogP contribution in [0.3, 0.4) is 0 Å². The number of carbonyl (C=O) groups excluding carboxylic acids is 2. The van der Waals surface area contributed by atoms with Crippen LogP contribution in [0.15, 0.2) is 42.5 Å². The molecule has 0 aliphatic carbocycles. The molecule has 22 heavy (non-hydrogen) atoms. The summed E-state index contributed by atoms with van der Waals surface area (Å²) in [6, 6.07) is 10.7. The van der Waals surface area contributed by atoms with Crippen LogP contribution in [0.25, 0.3) is 0 Å². The molecule has 0 saturated heterocycles. The average Bonchev–Trinajstić information content (AvgIpc) is 2.52. The van der Waals surface area contributed by atoms with Gasteiger partial charge in [0, 0.05) is 12.1 Å². The van der Waals surface area contributed by atoms with Crippen molar-refractivity contribution in [1.82, 2.24) is 5.32 Å². The van der Waals surface area contributed by atoms with Gasteiger partial charge in [-0.25, -0.2) is 4.39 Å². The Bertz CT molecular complexity index is 746. The smallest absolute Gasteiger partial charge is 0.262 e. The van der Waals surface area contributed by atoms with Crippen LogP contribution in [0.5, 0.6) is 5.75 Å². The standard InChI is InChI=1S/C16H13FN2O3/c17-12-3-1-2-11(7-12)16(21)18-8-10-4-5-13-14(6-10)22-9-15(20)19-13/h1-7H,8-9H2,(H,18,21)(H,19,20). The predicted octanol–water partition coefficient (Wildman–Crippen LogP) is 2.09. The third kappa shape index (κ3) is 3.06. The monoisotopic (exact) mass is 300 g/mol. The molecule has 0 aromatic heterocycles. The highest BCUT2D eigenvalue weighted by atomic mass is 19.1. The lowest BCUT2D eigenvalue weighted by atomic mass is 10.1. The molecule has 0 unspecified atom stereocenters. The van der Waals surface area contributed by atoms with Crippen LogP contribution in [0, 0.1) is 5.82 Å². The Balaban J connectivity index is 1.67. The minimum absolute atomic E-state index is 0.0217. The molecule has 0 bridgehead atoms. The molecule has 5 nitrogen and oxygen atoms in total. The van der Waals surface area contributed by atoms with Crippen molar-refractivity contribution in [2.24, 2.45) is 0 Å². The molecule has 0 radical (unpaired) electrons. The second-order valence-electron chi connectivity index (χ2n) is 4.86. The summed E-state index contributed by atoms with van der Waals surface area (Å²) >= 11 is 0. The number of hydrogen-bond acceptors (Lipinski definition) is 3. The van der Waals surface area contributed by atoms with E-state index in [0.29, 0.717) is 11.4 Å². The van der Waals surface area contributed by atoms with Crippen molar-refractivity contribution in [3.8, 4) is 5.75 Å². The van der Waals surface area contributed by atoms with Crippen LogP contribution in [-0.4, -0.2) is 18.4 Å². The maximum atomic E-state index is 13.1. The van der Waals surface area contributed by atoms with E-state index in [1.165, 1.54) is 18.2 Å². The number of amides is 2. The first kappa shape index (κ1) is 14.1. The molecule has 0 atom stereocenters. The van der Waals surface area contributed by atoms with E-state index in [2.05, 4.69) is 10.6 Å². The van der Waals surface area contributed by atoms with E-state index in [1.807, 2.05) is 0 Å². The topological polar surface area (TPSA) is 67.4 Å². The first-order chi connectivity index (χ1) is 10.6. The van der Waals surface area contributed by atoms with Gasteiger partial charge < -0.3 is 15.4 Å². The molecule has 1 aliphatic rings. The van der Waals surface area contributed by atoms with E-state index < -0.39 is 5.82 Å². The van der Waals surface area contributed by atoms with Crippen LogP contribution >= 0.6 is 0 Å². The summed E-state index contributed by atoms with van der Waals surface area (Å²) in [7, 11) is 0. The third-order valence-corrected chi connectivity index (χ3v) is 3.22. The van der Waals surface area contributed by atoms with Crippen molar-refractivity contribution in [3.63, 3.8) is 0 Å². The van der Waals surface area contributed by atoms with E-state index in [9.17, 15) is 14.0 Å². The zero-order valence-corrected chi connectivity index (χ0v) is 11.6. The molecule has 2 aromatic carbocycles. The lowest BCUT2D eigenvalue weighted by Gasteiger charge is -2.18. The lowest BCUT2D eigenvalue weighted by molar-refractivity contribution is -0.118. The summed E-state index contributed by atoms with van der Waals surface area (Å²) in [5.74, 6) is -0.436. The molecule has 0 saturated carbocycles. The summed E-state index contributed by atoms with van der Waals surface area (Å²) < 4.78 is 18.4. The Labute approximate surface area is 126 Å². The highest BCUT2D eigenvalue weighted by molar-refractivity contribution is 5.95. The number of benzene rings is 2. The zero-order chi connectivity index (χ0) is 15.5. The van der Waals surface area contributed by atoms with Gasteiger partial charge in [-0.3, -0.25) is 9.59 Å². The molecule has 2 aromatic rings. The van der Waals surface area contributed by atoms with Gasteiger partial charge in [0.15, 0.2) is 6.61 Å². The SMILES string of the molecule is O=C1COc2cc(CNC(=O)c3cccc(F)c3)ccc2N1. The fraction of sp³-hybridized carbons (Fsp3) is 0.125. The van der Waals surface area contributed by atoms with E-state index in [4.69, 9.17) is 4.74 Å². The molecule has 2 N–H and O–H groups in total. The van der Waals surface area contributed by atoms with Gasteiger partial charge in [-0.15, -0.1) is 0 Å². The number of anilines is 1. The Morgan fingerprint density at radius 2 is 2.14 bits per heavy atom. The van der Waals surface area contributed by atoms with Crippen molar-refractivity contribution in [3.05, 3.63) is 59.4 Å². The number of halogens is 1. The van der Waals surface area contributed by atoms with Crippen molar-refractivity contribution >= 4 is 17.5 Å². The van der Waals surface area contributed by atoms with Gasteiger partial charge in [0.2, 0.25) is 0 Å². The predicted molar refractivity (Wildman–Crippen MR) is 78.1 cm³/mol. The molecule has 2 amide bonds. The van der Waals surface area contributed by atoms with E-state index >= 15 is 0 Å². The highest BCUT2D eigenvalue weighted by Gasteiger charge is 2.16. The third-order valence-electron chi connectivity index (χ3n) is 3.22. The number of hydrogen-bond donors (Lipinski definition) is 2. The minimum Gasteiger partial charge on any atom is -0.482 e. The first-order valence-corrected chi connectivity index (χ1v) is 6.71. The van der Waals surface area contributed by atoms with Crippen molar-refractivity contribution in [1.29, 1.82) is 0 Å². The Hall–Kier alpha value is -2.89. The fourth-order valence-corrected chi connectivity index (χ4v) is 2.14. The maximum absolute atomic E-state index is 13.1.